The predicted octanol–water partition coefficient (Wildman–Crippen LogP) is 6.10. The first-order chi connectivity index (χ1) is 16.6. The minimum atomic E-state index is 0.404. The van der Waals surface area contributed by atoms with Crippen LogP contribution in [0.4, 0.5) is 0 Å². The minimum Gasteiger partial charge on any atom is -0.488 e. The van der Waals surface area contributed by atoms with Crippen LogP contribution in [0, 0.1) is 20.8 Å². The largest absolute Gasteiger partial charge is 0.488 e. The molecule has 0 saturated carbocycles. The lowest BCUT2D eigenvalue weighted by atomic mass is 9.97. The van der Waals surface area contributed by atoms with Crippen LogP contribution in [0.2, 0.25) is 0 Å². The Hall–Kier alpha value is -4.32. The first-order valence-electron chi connectivity index (χ1n) is 11.2. The van der Waals surface area contributed by atoms with Gasteiger partial charge in [0.05, 0.1) is 0 Å². The van der Waals surface area contributed by atoms with Crippen molar-refractivity contribution in [3.05, 3.63) is 101 Å². The Balaban J connectivity index is 1.50. The van der Waals surface area contributed by atoms with Gasteiger partial charge in [-0.3, -0.25) is 4.98 Å². The molecule has 0 saturated heterocycles. The molecule has 6 heteroatoms. The normalized spacial score (nSPS) is 10.9. The lowest BCUT2D eigenvalue weighted by Gasteiger charge is -2.16. The average molecular weight is 448 g/mol. The molecule has 0 aliphatic rings. The van der Waals surface area contributed by atoms with E-state index in [9.17, 15) is 0 Å². The van der Waals surface area contributed by atoms with Gasteiger partial charge < -0.3 is 4.74 Å². The number of H-pyrrole nitrogens is 1. The number of aromatic nitrogens is 5. The maximum absolute atomic E-state index is 6.38. The number of tetrazole rings is 1. The first-order valence-corrected chi connectivity index (χ1v) is 11.2. The first kappa shape index (κ1) is 21.5. The van der Waals surface area contributed by atoms with Gasteiger partial charge in [0.15, 0.2) is 0 Å². The summed E-state index contributed by atoms with van der Waals surface area (Å²) in [6, 6.07) is 26.9. The molecule has 2 heterocycles. The number of aryl methyl sites for hydroxylation is 3. The highest BCUT2D eigenvalue weighted by molar-refractivity contribution is 5.81. The van der Waals surface area contributed by atoms with Crippen molar-refractivity contribution < 1.29 is 4.74 Å². The molecule has 5 aromatic rings. The van der Waals surface area contributed by atoms with E-state index >= 15 is 0 Å². The minimum absolute atomic E-state index is 0.404. The van der Waals surface area contributed by atoms with Gasteiger partial charge in [-0.15, -0.1) is 10.2 Å². The number of rotatable bonds is 6. The van der Waals surface area contributed by atoms with Crippen LogP contribution in [-0.4, -0.2) is 25.6 Å². The van der Waals surface area contributed by atoms with E-state index in [0.717, 1.165) is 50.5 Å². The van der Waals surface area contributed by atoms with Crippen LogP contribution >= 0.6 is 0 Å². The Morgan fingerprint density at radius 1 is 0.794 bits per heavy atom. The molecule has 0 aliphatic heterocycles. The third-order valence-electron chi connectivity index (χ3n) is 5.78. The van der Waals surface area contributed by atoms with E-state index in [1.807, 2.05) is 38.1 Å². The van der Waals surface area contributed by atoms with Crippen LogP contribution in [0.3, 0.4) is 0 Å². The van der Waals surface area contributed by atoms with Gasteiger partial charge in [-0.2, -0.15) is 5.21 Å². The molecule has 0 atom stereocenters. The van der Waals surface area contributed by atoms with Gasteiger partial charge in [-0.25, -0.2) is 0 Å². The molecule has 6 nitrogen and oxygen atoms in total. The highest BCUT2D eigenvalue weighted by Crippen LogP contribution is 2.35. The third-order valence-corrected chi connectivity index (χ3v) is 5.78. The molecule has 0 spiro atoms. The van der Waals surface area contributed by atoms with Crippen LogP contribution in [-0.2, 0) is 6.61 Å². The molecule has 3 aromatic carbocycles. The van der Waals surface area contributed by atoms with E-state index in [1.165, 1.54) is 5.56 Å². The SMILES string of the molecule is Cc1ccc(-c2c(OCc3ccc(-c4ccccc4)c(-c4nn[nH]n4)c3)cc(C)nc2C)cc1. The molecule has 2 aromatic heterocycles. The summed E-state index contributed by atoms with van der Waals surface area (Å²) < 4.78 is 6.38. The Labute approximate surface area is 198 Å². The van der Waals surface area contributed by atoms with Crippen molar-refractivity contribution in [2.24, 2.45) is 0 Å². The second-order valence-corrected chi connectivity index (χ2v) is 8.36. The Kier molecular flexibility index (Phi) is 5.87. The average Bonchev–Trinajstić information content (AvgIpc) is 3.39. The molecule has 0 unspecified atom stereocenters. The smallest absolute Gasteiger partial charge is 0.205 e. The molecule has 0 bridgehead atoms. The number of aromatic amines is 1. The van der Waals surface area contributed by atoms with Gasteiger partial charge in [0.1, 0.15) is 12.4 Å². The summed E-state index contributed by atoms with van der Waals surface area (Å²) in [5.74, 6) is 1.37. The lowest BCUT2D eigenvalue weighted by molar-refractivity contribution is 0.307. The standard InChI is InChI=1S/C28H25N5O/c1-18-9-12-23(13-10-18)27-20(3)29-19(2)15-26(27)34-17-21-11-14-24(22-7-5-4-6-8-22)25(16-21)28-30-32-33-31-28/h4-16H,17H2,1-3H3,(H,30,31,32,33). The number of benzene rings is 3. The third kappa shape index (κ3) is 4.43. The van der Waals surface area contributed by atoms with Crippen molar-refractivity contribution in [2.75, 3.05) is 0 Å². The summed E-state index contributed by atoms with van der Waals surface area (Å²) in [6.07, 6.45) is 0. The van der Waals surface area contributed by atoms with Crippen LogP contribution in [0.1, 0.15) is 22.5 Å². The zero-order valence-corrected chi connectivity index (χ0v) is 19.4. The van der Waals surface area contributed by atoms with Crippen molar-refractivity contribution in [3.63, 3.8) is 0 Å². The highest BCUT2D eigenvalue weighted by Gasteiger charge is 2.15. The summed E-state index contributed by atoms with van der Waals surface area (Å²) in [6.45, 7) is 6.50. The van der Waals surface area contributed by atoms with E-state index in [0.29, 0.717) is 12.4 Å². The Morgan fingerprint density at radius 3 is 2.32 bits per heavy atom. The van der Waals surface area contributed by atoms with Gasteiger partial charge in [-0.05, 0) is 54.3 Å². The Morgan fingerprint density at radius 2 is 1.59 bits per heavy atom. The van der Waals surface area contributed by atoms with E-state index in [1.54, 1.807) is 0 Å². The van der Waals surface area contributed by atoms with Crippen LogP contribution in [0.25, 0.3) is 33.6 Å². The zero-order chi connectivity index (χ0) is 23.5. The molecule has 34 heavy (non-hydrogen) atoms. The van der Waals surface area contributed by atoms with Gasteiger partial charge in [-0.1, -0.05) is 72.3 Å². The summed E-state index contributed by atoms with van der Waals surface area (Å²) in [7, 11) is 0. The number of nitrogens with one attached hydrogen (secondary N) is 1. The number of ether oxygens (including phenoxy) is 1. The van der Waals surface area contributed by atoms with Gasteiger partial charge in [0.25, 0.3) is 0 Å². The van der Waals surface area contributed by atoms with E-state index in [4.69, 9.17) is 4.74 Å². The fraction of sp³-hybridized carbons (Fsp3) is 0.143. The molecule has 5 rings (SSSR count). The second-order valence-electron chi connectivity index (χ2n) is 8.36. The summed E-state index contributed by atoms with van der Waals surface area (Å²) in [5.41, 5.74) is 9.27. The fourth-order valence-corrected chi connectivity index (χ4v) is 4.15. The monoisotopic (exact) mass is 447 g/mol. The summed E-state index contributed by atoms with van der Waals surface area (Å²) in [4.78, 5) is 4.67. The highest BCUT2D eigenvalue weighted by atomic mass is 16.5. The van der Waals surface area contributed by atoms with Crippen LogP contribution in [0.15, 0.2) is 78.9 Å². The molecule has 0 radical (unpaired) electrons. The van der Waals surface area contributed by atoms with Crippen molar-refractivity contribution in [2.45, 2.75) is 27.4 Å². The lowest BCUT2D eigenvalue weighted by Crippen LogP contribution is -2.02. The van der Waals surface area contributed by atoms with E-state index < -0.39 is 0 Å². The summed E-state index contributed by atoms with van der Waals surface area (Å²) >= 11 is 0. The van der Waals surface area contributed by atoms with Crippen LogP contribution in [0.5, 0.6) is 5.75 Å². The van der Waals surface area contributed by atoms with E-state index in [2.05, 4.69) is 87.1 Å². The maximum atomic E-state index is 6.38. The van der Waals surface area contributed by atoms with Crippen molar-refractivity contribution in [3.8, 4) is 39.4 Å². The van der Waals surface area contributed by atoms with E-state index in [-0.39, 0.29) is 0 Å². The van der Waals surface area contributed by atoms with Crippen molar-refractivity contribution in [1.29, 1.82) is 0 Å². The molecule has 0 amide bonds. The maximum Gasteiger partial charge on any atom is 0.205 e. The topological polar surface area (TPSA) is 76.6 Å². The molecule has 1 N–H and O–H groups in total. The quantitative estimate of drug-likeness (QED) is 0.340. The van der Waals surface area contributed by atoms with Crippen molar-refractivity contribution in [1.82, 2.24) is 25.6 Å². The molecular weight excluding hydrogens is 422 g/mol. The summed E-state index contributed by atoms with van der Waals surface area (Å²) in [5, 5.41) is 14.8. The van der Waals surface area contributed by atoms with Gasteiger partial charge >= 0.3 is 0 Å². The number of nitrogens with zero attached hydrogens (tertiary/aromatic N) is 4. The molecular formula is C28H25N5O. The molecule has 168 valence electrons. The number of hydrogen-bond acceptors (Lipinski definition) is 5. The Bertz CT molecular complexity index is 1410. The number of pyridine rings is 1. The zero-order valence-electron chi connectivity index (χ0n) is 19.4. The second kappa shape index (κ2) is 9.27. The predicted molar refractivity (Wildman–Crippen MR) is 133 cm³/mol. The molecule has 0 fully saturated rings. The fourth-order valence-electron chi connectivity index (χ4n) is 4.15. The molecule has 0 aliphatic carbocycles. The number of hydrogen-bond donors (Lipinski definition) is 1. The van der Waals surface area contributed by atoms with Gasteiger partial charge in [0, 0.05) is 28.6 Å². The van der Waals surface area contributed by atoms with Gasteiger partial charge in [0.2, 0.25) is 5.82 Å². The van der Waals surface area contributed by atoms with Crippen LogP contribution < -0.4 is 4.74 Å². The van der Waals surface area contributed by atoms with Crippen molar-refractivity contribution >= 4 is 0 Å².